The van der Waals surface area contributed by atoms with Gasteiger partial charge in [0.05, 0.1) is 10.4 Å². The van der Waals surface area contributed by atoms with Gasteiger partial charge in [-0.1, -0.05) is 31.5 Å². The highest BCUT2D eigenvalue weighted by Gasteiger charge is 2.67. The van der Waals surface area contributed by atoms with E-state index < -0.39 is 17.2 Å². The van der Waals surface area contributed by atoms with Gasteiger partial charge in [0.2, 0.25) is 0 Å². The van der Waals surface area contributed by atoms with Crippen molar-refractivity contribution in [3.05, 3.63) is 34.6 Å². The normalized spacial score (nSPS) is 26.5. The zero-order valence-corrected chi connectivity index (χ0v) is 9.81. The maximum absolute atomic E-state index is 13.0. The molecule has 1 aromatic carbocycles. The largest absolute Gasteiger partial charge is 0.481 e. The fourth-order valence-electron chi connectivity index (χ4n) is 2.36. The predicted molar refractivity (Wildman–Crippen MR) is 59.1 cm³/mol. The van der Waals surface area contributed by atoms with Crippen molar-refractivity contribution in [3.8, 4) is 0 Å². The lowest BCUT2D eigenvalue weighted by Crippen LogP contribution is -2.25. The molecule has 4 heteroatoms. The monoisotopic (exact) mass is 242 g/mol. The van der Waals surface area contributed by atoms with Crippen LogP contribution in [0.1, 0.15) is 25.8 Å². The van der Waals surface area contributed by atoms with Crippen molar-refractivity contribution in [1.82, 2.24) is 0 Å². The third-order valence-electron chi connectivity index (χ3n) is 3.51. The molecule has 1 N–H and O–H groups in total. The molecule has 2 rings (SSSR count). The lowest BCUT2D eigenvalue weighted by molar-refractivity contribution is -0.141. The predicted octanol–water partition coefficient (Wildman–Crippen LogP) is 3.23. The smallest absolute Gasteiger partial charge is 0.314 e. The average molecular weight is 243 g/mol. The summed E-state index contributed by atoms with van der Waals surface area (Å²) in [5.41, 5.74) is -0.638. The molecule has 86 valence electrons. The van der Waals surface area contributed by atoms with Gasteiger partial charge in [-0.25, -0.2) is 4.39 Å². The molecule has 0 spiro atoms. The van der Waals surface area contributed by atoms with Gasteiger partial charge >= 0.3 is 5.97 Å². The second-order valence-electron chi connectivity index (χ2n) is 4.90. The van der Waals surface area contributed by atoms with E-state index in [2.05, 4.69) is 0 Å². The molecular weight excluding hydrogens is 231 g/mol. The lowest BCUT2D eigenvalue weighted by atomic mass is 9.88. The van der Waals surface area contributed by atoms with Crippen LogP contribution in [-0.2, 0) is 10.2 Å². The minimum absolute atomic E-state index is 0.0270. The summed E-state index contributed by atoms with van der Waals surface area (Å²) < 4.78 is 13.0. The van der Waals surface area contributed by atoms with Crippen molar-refractivity contribution in [3.63, 3.8) is 0 Å². The van der Waals surface area contributed by atoms with Gasteiger partial charge in [0.15, 0.2) is 0 Å². The van der Waals surface area contributed by atoms with Gasteiger partial charge in [0, 0.05) is 0 Å². The van der Waals surface area contributed by atoms with Crippen molar-refractivity contribution in [2.45, 2.75) is 25.7 Å². The van der Waals surface area contributed by atoms with Crippen molar-refractivity contribution in [1.29, 1.82) is 0 Å². The van der Waals surface area contributed by atoms with Crippen LogP contribution in [0.3, 0.4) is 0 Å². The van der Waals surface area contributed by atoms with E-state index in [0.29, 0.717) is 12.0 Å². The van der Waals surface area contributed by atoms with Gasteiger partial charge in [-0.15, -0.1) is 0 Å². The quantitative estimate of drug-likeness (QED) is 0.865. The Morgan fingerprint density at radius 1 is 1.50 bits per heavy atom. The summed E-state index contributed by atoms with van der Waals surface area (Å²) in [5.74, 6) is -1.40. The van der Waals surface area contributed by atoms with Gasteiger partial charge in [0.25, 0.3) is 0 Å². The summed E-state index contributed by atoms with van der Waals surface area (Å²) in [6.07, 6.45) is 0.553. The Morgan fingerprint density at radius 2 is 2.06 bits per heavy atom. The molecule has 1 fully saturated rings. The van der Waals surface area contributed by atoms with Crippen LogP contribution in [0.4, 0.5) is 4.39 Å². The zero-order chi connectivity index (χ0) is 12.1. The molecule has 0 amide bonds. The Bertz CT molecular complexity index is 470. The lowest BCUT2D eigenvalue weighted by Gasteiger charge is -2.16. The standard InChI is InChI=1S/C12H12ClFO2/c1-11(2)6-12(11,10(15)16)7-3-4-9(14)8(13)5-7/h3-5H,6H2,1-2H3,(H,15,16). The molecule has 0 bridgehead atoms. The summed E-state index contributed by atoms with van der Waals surface area (Å²) in [7, 11) is 0. The first-order valence-corrected chi connectivity index (χ1v) is 5.38. The number of hydrogen-bond donors (Lipinski definition) is 1. The van der Waals surface area contributed by atoms with Crippen LogP contribution in [0.2, 0.25) is 5.02 Å². The number of carboxylic acids is 1. The van der Waals surface area contributed by atoms with Crippen molar-refractivity contribution in [2.24, 2.45) is 5.41 Å². The molecule has 1 unspecified atom stereocenters. The molecule has 0 aliphatic heterocycles. The minimum Gasteiger partial charge on any atom is -0.481 e. The van der Waals surface area contributed by atoms with Crippen LogP contribution >= 0.6 is 11.6 Å². The van der Waals surface area contributed by atoms with Crippen LogP contribution in [0.15, 0.2) is 18.2 Å². The number of halogens is 2. The number of carboxylic acid groups (broad SMARTS) is 1. The molecule has 1 aliphatic carbocycles. The van der Waals surface area contributed by atoms with E-state index in [0.717, 1.165) is 0 Å². The van der Waals surface area contributed by atoms with E-state index in [1.807, 2.05) is 13.8 Å². The summed E-state index contributed by atoms with van der Waals surface area (Å²) in [4.78, 5) is 11.4. The topological polar surface area (TPSA) is 37.3 Å². The molecule has 1 saturated carbocycles. The fraction of sp³-hybridized carbons (Fsp3) is 0.417. The van der Waals surface area contributed by atoms with E-state index in [-0.39, 0.29) is 10.4 Å². The van der Waals surface area contributed by atoms with E-state index >= 15 is 0 Å². The fourth-order valence-corrected chi connectivity index (χ4v) is 2.54. The molecule has 1 atom stereocenters. The number of rotatable bonds is 2. The highest BCUT2D eigenvalue weighted by atomic mass is 35.5. The third kappa shape index (κ3) is 1.34. The Kier molecular flexibility index (Phi) is 2.28. The zero-order valence-electron chi connectivity index (χ0n) is 9.05. The Hall–Kier alpha value is -1.09. The first-order valence-electron chi connectivity index (χ1n) is 5.00. The first-order chi connectivity index (χ1) is 7.31. The maximum atomic E-state index is 13.0. The van der Waals surface area contributed by atoms with Gasteiger partial charge in [-0.3, -0.25) is 4.79 Å². The first kappa shape index (κ1) is 11.4. The van der Waals surface area contributed by atoms with Gasteiger partial charge in [-0.2, -0.15) is 0 Å². The summed E-state index contributed by atoms with van der Waals surface area (Å²) in [6, 6.07) is 4.14. The van der Waals surface area contributed by atoms with Crippen LogP contribution in [0.5, 0.6) is 0 Å². The molecule has 16 heavy (non-hydrogen) atoms. The Labute approximate surface area is 98.0 Å². The maximum Gasteiger partial charge on any atom is 0.314 e. The average Bonchev–Trinajstić information content (AvgIpc) is 2.75. The van der Waals surface area contributed by atoms with Crippen LogP contribution in [0, 0.1) is 11.2 Å². The van der Waals surface area contributed by atoms with Crippen LogP contribution < -0.4 is 0 Å². The van der Waals surface area contributed by atoms with Gasteiger partial charge < -0.3 is 5.11 Å². The molecule has 0 saturated heterocycles. The Balaban J connectivity index is 2.51. The van der Waals surface area contributed by atoms with Crippen molar-refractivity contribution in [2.75, 3.05) is 0 Å². The van der Waals surface area contributed by atoms with E-state index in [1.165, 1.54) is 18.2 Å². The summed E-state index contributed by atoms with van der Waals surface area (Å²) in [5, 5.41) is 9.29. The molecule has 2 nitrogen and oxygen atoms in total. The highest BCUT2D eigenvalue weighted by molar-refractivity contribution is 6.30. The minimum atomic E-state index is -0.912. The molecule has 1 aliphatic rings. The number of aliphatic carboxylic acids is 1. The number of hydrogen-bond acceptors (Lipinski definition) is 1. The van der Waals surface area contributed by atoms with Crippen molar-refractivity contribution >= 4 is 17.6 Å². The van der Waals surface area contributed by atoms with Crippen LogP contribution in [0.25, 0.3) is 0 Å². The molecule has 1 aromatic rings. The SMILES string of the molecule is CC1(C)CC1(C(=O)O)c1ccc(F)c(Cl)c1. The van der Waals surface area contributed by atoms with Crippen molar-refractivity contribution < 1.29 is 14.3 Å². The Morgan fingerprint density at radius 3 is 2.44 bits per heavy atom. The van der Waals surface area contributed by atoms with E-state index in [1.54, 1.807) is 0 Å². The second kappa shape index (κ2) is 3.20. The number of carbonyl (C=O) groups is 1. The second-order valence-corrected chi connectivity index (χ2v) is 5.31. The van der Waals surface area contributed by atoms with Crippen LogP contribution in [-0.4, -0.2) is 11.1 Å². The highest BCUT2D eigenvalue weighted by Crippen LogP contribution is 2.64. The molecule has 0 aromatic heterocycles. The molecular formula is C12H12ClFO2. The molecule has 0 radical (unpaired) electrons. The van der Waals surface area contributed by atoms with Gasteiger partial charge in [0.1, 0.15) is 5.82 Å². The summed E-state index contributed by atoms with van der Waals surface area (Å²) >= 11 is 5.68. The van der Waals surface area contributed by atoms with E-state index in [4.69, 9.17) is 11.6 Å². The van der Waals surface area contributed by atoms with Gasteiger partial charge in [-0.05, 0) is 29.5 Å². The summed E-state index contributed by atoms with van der Waals surface area (Å²) in [6.45, 7) is 3.77. The number of benzene rings is 1. The van der Waals surface area contributed by atoms with E-state index in [9.17, 15) is 14.3 Å². The molecule has 0 heterocycles. The third-order valence-corrected chi connectivity index (χ3v) is 3.80.